The molecule has 1 N–H and O–H groups in total. The number of unbranched alkanes of at least 4 members (excludes halogenated alkanes) is 2. The van der Waals surface area contributed by atoms with E-state index in [4.69, 9.17) is 4.74 Å². The molecule has 1 amide bonds. The summed E-state index contributed by atoms with van der Waals surface area (Å²) in [6, 6.07) is 0. The van der Waals surface area contributed by atoms with E-state index >= 15 is 0 Å². The summed E-state index contributed by atoms with van der Waals surface area (Å²) in [5.41, 5.74) is 0. The molecule has 0 spiro atoms. The Kier molecular flexibility index (Phi) is 10.1. The number of hydrogen-bond acceptors (Lipinski definition) is 6. The van der Waals surface area contributed by atoms with Crippen molar-refractivity contribution in [1.29, 1.82) is 0 Å². The van der Waals surface area contributed by atoms with Gasteiger partial charge in [-0.05, 0) is 12.8 Å². The van der Waals surface area contributed by atoms with Crippen molar-refractivity contribution in [2.45, 2.75) is 39.0 Å². The van der Waals surface area contributed by atoms with Crippen LogP contribution in [0.2, 0.25) is 0 Å². The highest BCUT2D eigenvalue weighted by Crippen LogP contribution is 1.94. The summed E-state index contributed by atoms with van der Waals surface area (Å²) < 4.78 is 4.88. The van der Waals surface area contributed by atoms with Crippen LogP contribution in [0.25, 0.3) is 0 Å². The van der Waals surface area contributed by atoms with Gasteiger partial charge in [0.2, 0.25) is 5.91 Å². The molecule has 0 aromatic rings. The Morgan fingerprint density at radius 3 is 2.58 bits per heavy atom. The third-order valence-corrected chi connectivity index (χ3v) is 2.19. The van der Waals surface area contributed by atoms with E-state index in [0.29, 0.717) is 6.61 Å². The lowest BCUT2D eigenvalue weighted by Crippen LogP contribution is -2.30. The fraction of sp³-hybridized carbons (Fsp3) is 0.818. The monoisotopic (exact) mass is 276 g/mol. The first-order chi connectivity index (χ1) is 9.06. The van der Waals surface area contributed by atoms with E-state index in [0.717, 1.165) is 19.3 Å². The van der Waals surface area contributed by atoms with Crippen LogP contribution >= 0.6 is 0 Å². The Morgan fingerprint density at radius 1 is 1.21 bits per heavy atom. The maximum absolute atomic E-state index is 11.2. The minimum absolute atomic E-state index is 0.0664. The molecule has 0 saturated heterocycles. The third kappa shape index (κ3) is 12.4. The van der Waals surface area contributed by atoms with Crippen LogP contribution in [0.4, 0.5) is 0 Å². The molecule has 0 aliphatic rings. The molecule has 19 heavy (non-hydrogen) atoms. The molecule has 8 nitrogen and oxygen atoms in total. The third-order valence-electron chi connectivity index (χ3n) is 2.19. The quantitative estimate of drug-likeness (QED) is 0.259. The molecule has 0 aromatic heterocycles. The van der Waals surface area contributed by atoms with Gasteiger partial charge in [0.05, 0.1) is 13.2 Å². The van der Waals surface area contributed by atoms with Crippen molar-refractivity contribution in [1.82, 2.24) is 5.32 Å². The van der Waals surface area contributed by atoms with Gasteiger partial charge in [-0.15, -0.1) is 10.1 Å². The number of hydrogen-bond donors (Lipinski definition) is 1. The molecule has 0 aliphatic carbocycles. The molecule has 0 heterocycles. The molecule has 0 unspecified atom stereocenters. The molecule has 0 radical (unpaired) electrons. The highest BCUT2D eigenvalue weighted by molar-refractivity contribution is 5.81. The van der Waals surface area contributed by atoms with Crippen LogP contribution in [-0.2, 0) is 19.2 Å². The molecule has 0 atom stereocenters. The number of nitrogens with zero attached hydrogens (tertiary/aromatic N) is 1. The van der Waals surface area contributed by atoms with E-state index < -0.39 is 11.1 Å². The lowest BCUT2D eigenvalue weighted by Gasteiger charge is -2.06. The summed E-state index contributed by atoms with van der Waals surface area (Å²) in [4.78, 5) is 36.3. The maximum Gasteiger partial charge on any atom is 0.325 e. The standard InChI is InChI=1S/C11H20N2O6/c1-2-3-4-7-18-11(15)9-12-10(14)6-5-8-19-13(16)17/h2-9H2,1H3,(H,12,14). The molecular formula is C11H20N2O6. The summed E-state index contributed by atoms with van der Waals surface area (Å²) in [6.45, 7) is 2.09. The second-order valence-electron chi connectivity index (χ2n) is 3.86. The van der Waals surface area contributed by atoms with Crippen LogP contribution in [0, 0.1) is 10.1 Å². The number of ether oxygens (including phenoxy) is 1. The van der Waals surface area contributed by atoms with Crippen molar-refractivity contribution in [3.8, 4) is 0 Å². The summed E-state index contributed by atoms with van der Waals surface area (Å²) in [6.07, 6.45) is 3.14. The Bertz CT molecular complexity index is 295. The largest absolute Gasteiger partial charge is 0.464 e. The Morgan fingerprint density at radius 2 is 1.95 bits per heavy atom. The zero-order chi connectivity index (χ0) is 14.5. The lowest BCUT2D eigenvalue weighted by molar-refractivity contribution is -0.757. The highest BCUT2D eigenvalue weighted by atomic mass is 16.9. The van der Waals surface area contributed by atoms with E-state index in [2.05, 4.69) is 10.2 Å². The fourth-order valence-corrected chi connectivity index (χ4v) is 1.22. The van der Waals surface area contributed by atoms with Crippen LogP contribution in [0.3, 0.4) is 0 Å². The topological polar surface area (TPSA) is 108 Å². The van der Waals surface area contributed by atoms with E-state index in [1.54, 1.807) is 0 Å². The number of nitrogens with one attached hydrogen (secondary N) is 1. The smallest absolute Gasteiger partial charge is 0.325 e. The average Bonchev–Trinajstić information content (AvgIpc) is 2.37. The minimum Gasteiger partial charge on any atom is -0.464 e. The zero-order valence-corrected chi connectivity index (χ0v) is 11.1. The predicted molar refractivity (Wildman–Crippen MR) is 65.7 cm³/mol. The van der Waals surface area contributed by atoms with Gasteiger partial charge in [-0.2, -0.15) is 0 Å². The first-order valence-corrected chi connectivity index (χ1v) is 6.26. The van der Waals surface area contributed by atoms with Crippen LogP contribution in [-0.4, -0.2) is 36.7 Å². The highest BCUT2D eigenvalue weighted by Gasteiger charge is 2.06. The van der Waals surface area contributed by atoms with Crippen molar-refractivity contribution in [3.05, 3.63) is 10.1 Å². The summed E-state index contributed by atoms with van der Waals surface area (Å²) >= 11 is 0. The Balaban J connectivity index is 3.45. The molecule has 8 heteroatoms. The van der Waals surface area contributed by atoms with Crippen molar-refractivity contribution >= 4 is 11.9 Å². The van der Waals surface area contributed by atoms with Crippen molar-refractivity contribution < 1.29 is 24.3 Å². The molecule has 110 valence electrons. The fourth-order valence-electron chi connectivity index (χ4n) is 1.22. The van der Waals surface area contributed by atoms with E-state index in [1.807, 2.05) is 6.92 Å². The zero-order valence-electron chi connectivity index (χ0n) is 11.1. The minimum atomic E-state index is -0.911. The van der Waals surface area contributed by atoms with Gasteiger partial charge in [-0.3, -0.25) is 9.59 Å². The SMILES string of the molecule is CCCCCOC(=O)CNC(=O)CCCO[N+](=O)[O-]. The van der Waals surface area contributed by atoms with Crippen LogP contribution < -0.4 is 5.32 Å². The van der Waals surface area contributed by atoms with Crippen molar-refractivity contribution in [2.75, 3.05) is 19.8 Å². The van der Waals surface area contributed by atoms with Gasteiger partial charge >= 0.3 is 5.97 Å². The van der Waals surface area contributed by atoms with E-state index in [-0.39, 0.29) is 31.9 Å². The average molecular weight is 276 g/mol. The van der Waals surface area contributed by atoms with Crippen LogP contribution in [0.1, 0.15) is 39.0 Å². The van der Waals surface area contributed by atoms with Gasteiger partial charge < -0.3 is 14.9 Å². The molecule has 0 bridgehead atoms. The predicted octanol–water partition coefficient (Wildman–Crippen LogP) is 0.825. The number of rotatable bonds is 11. The second-order valence-corrected chi connectivity index (χ2v) is 3.86. The molecule has 0 saturated carbocycles. The van der Waals surface area contributed by atoms with Crippen LogP contribution in [0.15, 0.2) is 0 Å². The maximum atomic E-state index is 11.2. The normalized spacial score (nSPS) is 9.74. The van der Waals surface area contributed by atoms with E-state index in [9.17, 15) is 19.7 Å². The van der Waals surface area contributed by atoms with Crippen molar-refractivity contribution in [3.63, 3.8) is 0 Å². The molecule has 0 fully saturated rings. The number of amides is 1. The summed E-state index contributed by atoms with van der Waals surface area (Å²) in [5, 5.41) is 11.3. The summed E-state index contributed by atoms with van der Waals surface area (Å²) in [7, 11) is 0. The van der Waals surface area contributed by atoms with Gasteiger partial charge in [0.25, 0.3) is 5.09 Å². The van der Waals surface area contributed by atoms with Crippen LogP contribution in [0.5, 0.6) is 0 Å². The first kappa shape index (κ1) is 17.1. The number of esters is 1. The Hall–Kier alpha value is -1.86. The second kappa shape index (κ2) is 11.2. The van der Waals surface area contributed by atoms with Gasteiger partial charge in [0.15, 0.2) is 0 Å². The molecule has 0 rings (SSSR count). The van der Waals surface area contributed by atoms with Gasteiger partial charge in [0, 0.05) is 6.42 Å². The van der Waals surface area contributed by atoms with Crippen molar-refractivity contribution in [2.24, 2.45) is 0 Å². The molecule has 0 aromatic carbocycles. The lowest BCUT2D eigenvalue weighted by atomic mass is 10.3. The van der Waals surface area contributed by atoms with Gasteiger partial charge in [0.1, 0.15) is 6.54 Å². The first-order valence-electron chi connectivity index (χ1n) is 6.26. The number of carbonyl (C=O) groups is 2. The number of carbonyl (C=O) groups excluding carboxylic acids is 2. The van der Waals surface area contributed by atoms with Gasteiger partial charge in [-0.25, -0.2) is 0 Å². The Labute approximate surface area is 111 Å². The molecule has 0 aliphatic heterocycles. The summed E-state index contributed by atoms with van der Waals surface area (Å²) in [5.74, 6) is -0.844. The van der Waals surface area contributed by atoms with Gasteiger partial charge in [-0.1, -0.05) is 19.8 Å². The molecular weight excluding hydrogens is 256 g/mol. The van der Waals surface area contributed by atoms with E-state index in [1.165, 1.54) is 0 Å².